The lowest BCUT2D eigenvalue weighted by molar-refractivity contribution is -0.143. The molecule has 3 aromatic rings. The van der Waals surface area contributed by atoms with E-state index >= 15 is 0 Å². The molecule has 0 amide bonds. The lowest BCUT2D eigenvalue weighted by Gasteiger charge is -2.30. The van der Waals surface area contributed by atoms with Crippen molar-refractivity contribution in [1.82, 2.24) is 9.29 Å². The number of ether oxygens (including phenoxy) is 1. The molecule has 1 N–H and O–H groups in total. The molecular formula is C23H26N2O6S. The van der Waals surface area contributed by atoms with Crippen LogP contribution in [-0.2, 0) is 21.4 Å². The fourth-order valence-corrected chi connectivity index (χ4v) is 5.06. The first-order chi connectivity index (χ1) is 15.1. The maximum atomic E-state index is 13.5. The van der Waals surface area contributed by atoms with Crippen LogP contribution in [0.5, 0.6) is 5.75 Å². The summed E-state index contributed by atoms with van der Waals surface area (Å²) >= 11 is 0. The fraction of sp³-hybridized carbons (Fsp3) is 0.304. The van der Waals surface area contributed by atoms with E-state index in [1.165, 1.54) is 31.4 Å². The third-order valence-electron chi connectivity index (χ3n) is 5.08. The van der Waals surface area contributed by atoms with Gasteiger partial charge >= 0.3 is 5.97 Å². The Morgan fingerprint density at radius 1 is 1.12 bits per heavy atom. The highest BCUT2D eigenvalue weighted by Crippen LogP contribution is 2.28. The van der Waals surface area contributed by atoms with Gasteiger partial charge < -0.3 is 14.3 Å². The summed E-state index contributed by atoms with van der Waals surface area (Å²) in [5.41, 5.74) is 1.10. The number of carboxylic acids is 1. The average molecular weight is 459 g/mol. The first-order valence-electron chi connectivity index (χ1n) is 10.1. The first kappa shape index (κ1) is 23.5. The predicted molar refractivity (Wildman–Crippen MR) is 119 cm³/mol. The van der Waals surface area contributed by atoms with E-state index in [-0.39, 0.29) is 11.4 Å². The Morgan fingerprint density at radius 2 is 1.75 bits per heavy atom. The lowest BCUT2D eigenvalue weighted by atomic mass is 10.0. The van der Waals surface area contributed by atoms with Crippen LogP contribution >= 0.6 is 0 Å². The molecule has 0 saturated heterocycles. The van der Waals surface area contributed by atoms with Crippen LogP contribution in [0.2, 0.25) is 0 Å². The van der Waals surface area contributed by atoms with Gasteiger partial charge in [-0.1, -0.05) is 32.0 Å². The maximum absolute atomic E-state index is 13.5. The van der Waals surface area contributed by atoms with Gasteiger partial charge in [0.05, 0.1) is 24.2 Å². The number of carbonyl (C=O) groups is 1. The van der Waals surface area contributed by atoms with Crippen molar-refractivity contribution in [3.05, 3.63) is 66.1 Å². The van der Waals surface area contributed by atoms with Gasteiger partial charge in [-0.3, -0.25) is 4.79 Å². The van der Waals surface area contributed by atoms with Gasteiger partial charge in [-0.25, -0.2) is 13.4 Å². The van der Waals surface area contributed by atoms with E-state index in [1.807, 2.05) is 30.3 Å². The van der Waals surface area contributed by atoms with Crippen molar-refractivity contribution in [2.75, 3.05) is 7.11 Å². The molecule has 0 fully saturated rings. The SMILES string of the molecule is COc1ccc(S(=O)(=O)N(Cc2nc(-c3ccccc3)oc2C)[C@@H](C(=O)O)C(C)C)cc1. The topological polar surface area (TPSA) is 110 Å². The number of carboxylic acid groups (broad SMARTS) is 1. The number of aromatic nitrogens is 1. The molecule has 3 rings (SSSR count). The van der Waals surface area contributed by atoms with E-state index in [0.29, 0.717) is 23.1 Å². The molecule has 1 heterocycles. The smallest absolute Gasteiger partial charge is 0.322 e. The summed E-state index contributed by atoms with van der Waals surface area (Å²) in [5, 5.41) is 9.87. The average Bonchev–Trinajstić information content (AvgIpc) is 3.13. The molecule has 0 aliphatic carbocycles. The molecule has 0 unspecified atom stereocenters. The van der Waals surface area contributed by atoms with Gasteiger partial charge in [-0.15, -0.1) is 0 Å². The normalized spacial score (nSPS) is 12.8. The van der Waals surface area contributed by atoms with Crippen LogP contribution in [0.4, 0.5) is 0 Å². The monoisotopic (exact) mass is 458 g/mol. The van der Waals surface area contributed by atoms with Gasteiger partial charge in [0, 0.05) is 5.56 Å². The van der Waals surface area contributed by atoms with Crippen LogP contribution in [0.25, 0.3) is 11.5 Å². The Labute approximate surface area is 187 Å². The summed E-state index contributed by atoms with van der Waals surface area (Å²) in [4.78, 5) is 16.5. The second-order valence-electron chi connectivity index (χ2n) is 7.64. The number of sulfonamides is 1. The lowest BCUT2D eigenvalue weighted by Crippen LogP contribution is -2.47. The second-order valence-corrected chi connectivity index (χ2v) is 9.53. The molecular weight excluding hydrogens is 432 g/mol. The van der Waals surface area contributed by atoms with Crippen LogP contribution in [0.1, 0.15) is 25.3 Å². The minimum atomic E-state index is -4.17. The van der Waals surface area contributed by atoms with Gasteiger partial charge in [-0.2, -0.15) is 4.31 Å². The summed E-state index contributed by atoms with van der Waals surface area (Å²) in [6, 6.07) is 13.7. The molecule has 8 nitrogen and oxygen atoms in total. The zero-order chi connectivity index (χ0) is 23.5. The number of nitrogens with zero attached hydrogens (tertiary/aromatic N) is 2. The molecule has 0 radical (unpaired) electrons. The van der Waals surface area contributed by atoms with Crippen LogP contribution < -0.4 is 4.74 Å². The van der Waals surface area contributed by atoms with E-state index in [1.54, 1.807) is 20.8 Å². The predicted octanol–water partition coefficient (Wildman–Crippen LogP) is 3.96. The summed E-state index contributed by atoms with van der Waals surface area (Å²) in [7, 11) is -2.69. The van der Waals surface area contributed by atoms with Gasteiger partial charge in [0.2, 0.25) is 15.9 Å². The summed E-state index contributed by atoms with van der Waals surface area (Å²) in [6.07, 6.45) is 0. The third-order valence-corrected chi connectivity index (χ3v) is 6.92. The molecule has 9 heteroatoms. The summed E-state index contributed by atoms with van der Waals surface area (Å²) in [6.45, 7) is 4.77. The highest BCUT2D eigenvalue weighted by atomic mass is 32.2. The van der Waals surface area contributed by atoms with Crippen molar-refractivity contribution in [2.24, 2.45) is 5.92 Å². The number of hydrogen-bond acceptors (Lipinski definition) is 6. The fourth-order valence-electron chi connectivity index (χ4n) is 3.38. The number of benzene rings is 2. The van der Waals surface area contributed by atoms with Gasteiger partial charge in [0.15, 0.2) is 0 Å². The molecule has 170 valence electrons. The van der Waals surface area contributed by atoms with Crippen LogP contribution in [0.15, 0.2) is 63.9 Å². The number of hydrogen-bond donors (Lipinski definition) is 1. The standard InChI is InChI=1S/C23H26N2O6S/c1-15(2)21(23(26)27)25(32(28,29)19-12-10-18(30-4)11-13-19)14-20-16(3)31-22(24-20)17-8-6-5-7-9-17/h5-13,15,21H,14H2,1-4H3,(H,26,27)/t21-/m1/s1. The van der Waals surface area contributed by atoms with Crippen LogP contribution in [0.3, 0.4) is 0 Å². The van der Waals surface area contributed by atoms with Gasteiger partial charge in [-0.05, 0) is 49.2 Å². The summed E-state index contributed by atoms with van der Waals surface area (Å²) < 4.78 is 38.9. The minimum Gasteiger partial charge on any atom is -0.497 e. The van der Waals surface area contributed by atoms with E-state index < -0.39 is 28.0 Å². The third kappa shape index (κ3) is 4.84. The van der Waals surface area contributed by atoms with Crippen molar-refractivity contribution >= 4 is 16.0 Å². The molecule has 32 heavy (non-hydrogen) atoms. The van der Waals surface area contributed by atoms with Crippen LogP contribution in [0, 0.1) is 12.8 Å². The number of aryl methyl sites for hydroxylation is 1. The zero-order valence-electron chi connectivity index (χ0n) is 18.3. The Kier molecular flexibility index (Phi) is 7.00. The highest BCUT2D eigenvalue weighted by Gasteiger charge is 2.39. The van der Waals surface area contributed by atoms with Gasteiger partial charge in [0.1, 0.15) is 17.6 Å². The Hall–Kier alpha value is -3.17. The number of oxazole rings is 1. The van der Waals surface area contributed by atoms with Gasteiger partial charge in [0.25, 0.3) is 0 Å². The van der Waals surface area contributed by atoms with E-state index in [2.05, 4.69) is 4.98 Å². The van der Waals surface area contributed by atoms with Crippen molar-refractivity contribution in [2.45, 2.75) is 38.3 Å². The van der Waals surface area contributed by atoms with E-state index in [4.69, 9.17) is 9.15 Å². The van der Waals surface area contributed by atoms with Crippen molar-refractivity contribution in [1.29, 1.82) is 0 Å². The van der Waals surface area contributed by atoms with Crippen molar-refractivity contribution in [3.63, 3.8) is 0 Å². The van der Waals surface area contributed by atoms with E-state index in [9.17, 15) is 18.3 Å². The molecule has 0 bridgehead atoms. The highest BCUT2D eigenvalue weighted by molar-refractivity contribution is 7.89. The molecule has 1 atom stereocenters. The molecule has 0 aliphatic heterocycles. The number of aliphatic carboxylic acids is 1. The largest absolute Gasteiger partial charge is 0.497 e. The van der Waals surface area contributed by atoms with Crippen molar-refractivity contribution in [3.8, 4) is 17.2 Å². The maximum Gasteiger partial charge on any atom is 0.322 e. The Balaban J connectivity index is 2.06. The molecule has 2 aromatic carbocycles. The number of rotatable bonds is 9. The Morgan fingerprint density at radius 3 is 2.28 bits per heavy atom. The minimum absolute atomic E-state index is 0.0327. The molecule has 0 aliphatic rings. The first-order valence-corrected chi connectivity index (χ1v) is 11.5. The van der Waals surface area contributed by atoms with Crippen LogP contribution in [-0.4, -0.2) is 41.9 Å². The summed E-state index contributed by atoms with van der Waals surface area (Å²) in [5.74, 6) is -0.458. The van der Waals surface area contributed by atoms with E-state index in [0.717, 1.165) is 9.87 Å². The van der Waals surface area contributed by atoms with Crippen molar-refractivity contribution < 1.29 is 27.5 Å². The second kappa shape index (κ2) is 9.54. The molecule has 0 saturated carbocycles. The zero-order valence-corrected chi connectivity index (χ0v) is 19.2. The quantitative estimate of drug-likeness (QED) is 0.517. The number of methoxy groups -OCH3 is 1. The molecule has 1 aromatic heterocycles. The Bertz CT molecular complexity index is 1170. The molecule has 0 spiro atoms.